The van der Waals surface area contributed by atoms with Gasteiger partial charge in [-0.1, -0.05) is 18.2 Å². The Morgan fingerprint density at radius 1 is 1.24 bits per heavy atom. The Morgan fingerprint density at radius 2 is 2.00 bits per heavy atom. The number of hydrogen-bond donors (Lipinski definition) is 2. The van der Waals surface area contributed by atoms with Gasteiger partial charge in [-0.25, -0.2) is 4.79 Å². The summed E-state index contributed by atoms with van der Waals surface area (Å²) in [4.78, 5) is 26.6. The van der Waals surface area contributed by atoms with Gasteiger partial charge in [-0.2, -0.15) is 0 Å². The van der Waals surface area contributed by atoms with Crippen LogP contribution in [-0.2, 0) is 4.79 Å². The predicted octanol–water partition coefficient (Wildman–Crippen LogP) is 2.46. The summed E-state index contributed by atoms with van der Waals surface area (Å²) in [5, 5.41) is 6.08. The number of piperidine rings is 1. The average molecular weight is 345 g/mol. The zero-order valence-corrected chi connectivity index (χ0v) is 15.0. The Balaban J connectivity index is 1.57. The van der Waals surface area contributed by atoms with Crippen LogP contribution in [0.2, 0.25) is 0 Å². The van der Waals surface area contributed by atoms with Crippen LogP contribution in [0.4, 0.5) is 4.79 Å². The standard InChI is InChI=1S/C19H27N3O3/c1-13(16-7-3-4-8-17(16)25-2)20-19(24)22-11-5-6-14(12-22)18(23)21-15-9-10-15/h3-4,7-8,13-15H,5-6,9-12H2,1-2H3,(H,20,24)(H,21,23)/t13-,14+/m1/s1. The summed E-state index contributed by atoms with van der Waals surface area (Å²) >= 11 is 0. The van der Waals surface area contributed by atoms with E-state index < -0.39 is 0 Å². The van der Waals surface area contributed by atoms with Crippen LogP contribution < -0.4 is 15.4 Å². The first-order valence-electron chi connectivity index (χ1n) is 9.07. The van der Waals surface area contributed by atoms with Crippen LogP contribution >= 0.6 is 0 Å². The molecule has 3 rings (SSSR count). The number of rotatable bonds is 5. The zero-order valence-electron chi connectivity index (χ0n) is 15.0. The molecule has 1 saturated carbocycles. The van der Waals surface area contributed by atoms with Crippen LogP contribution in [0.3, 0.4) is 0 Å². The number of carbonyl (C=O) groups is 2. The van der Waals surface area contributed by atoms with Crippen LogP contribution in [0, 0.1) is 5.92 Å². The monoisotopic (exact) mass is 345 g/mol. The van der Waals surface area contributed by atoms with E-state index in [2.05, 4.69) is 10.6 Å². The molecule has 1 aliphatic heterocycles. The first-order chi connectivity index (χ1) is 12.1. The largest absolute Gasteiger partial charge is 0.496 e. The number of carbonyl (C=O) groups excluding carboxylic acids is 2. The van der Waals surface area contributed by atoms with Gasteiger partial charge in [-0.3, -0.25) is 4.79 Å². The predicted molar refractivity (Wildman–Crippen MR) is 95.4 cm³/mol. The minimum atomic E-state index is -0.163. The van der Waals surface area contributed by atoms with Crippen molar-refractivity contribution in [1.29, 1.82) is 0 Å². The molecule has 0 radical (unpaired) electrons. The SMILES string of the molecule is COc1ccccc1[C@@H](C)NC(=O)N1CCC[C@H](C(=O)NC2CC2)C1. The van der Waals surface area contributed by atoms with E-state index in [4.69, 9.17) is 4.74 Å². The van der Waals surface area contributed by atoms with Gasteiger partial charge in [0.05, 0.1) is 19.1 Å². The maximum Gasteiger partial charge on any atom is 0.317 e. The Bertz CT molecular complexity index is 630. The molecule has 1 aromatic rings. The molecule has 6 heteroatoms. The van der Waals surface area contributed by atoms with E-state index in [1.54, 1.807) is 12.0 Å². The van der Waals surface area contributed by atoms with Gasteiger partial charge in [0.1, 0.15) is 5.75 Å². The Labute approximate surface area is 148 Å². The highest BCUT2D eigenvalue weighted by atomic mass is 16.5. The minimum absolute atomic E-state index is 0.0952. The molecule has 6 nitrogen and oxygen atoms in total. The number of urea groups is 1. The number of ether oxygens (including phenoxy) is 1. The molecule has 0 unspecified atom stereocenters. The Hall–Kier alpha value is -2.24. The average Bonchev–Trinajstić information content (AvgIpc) is 3.45. The third-order valence-corrected chi connectivity index (χ3v) is 4.95. The van der Waals surface area contributed by atoms with Crippen LogP contribution in [0.5, 0.6) is 5.75 Å². The van der Waals surface area contributed by atoms with Crippen molar-refractivity contribution in [3.8, 4) is 5.75 Å². The number of likely N-dealkylation sites (tertiary alicyclic amines) is 1. The van der Waals surface area contributed by atoms with Gasteiger partial charge in [0, 0.05) is 24.7 Å². The summed E-state index contributed by atoms with van der Waals surface area (Å²) in [6, 6.07) is 7.75. The van der Waals surface area contributed by atoms with E-state index in [9.17, 15) is 9.59 Å². The van der Waals surface area contributed by atoms with Crippen LogP contribution in [0.1, 0.15) is 44.2 Å². The van der Waals surface area contributed by atoms with Crippen molar-refractivity contribution in [2.45, 2.75) is 44.7 Å². The molecule has 1 aliphatic carbocycles. The minimum Gasteiger partial charge on any atom is -0.496 e. The third-order valence-electron chi connectivity index (χ3n) is 4.95. The highest BCUT2D eigenvalue weighted by molar-refractivity contribution is 5.81. The van der Waals surface area contributed by atoms with Crippen molar-refractivity contribution in [3.05, 3.63) is 29.8 Å². The molecule has 1 heterocycles. The number of amides is 3. The van der Waals surface area contributed by atoms with Crippen molar-refractivity contribution in [2.75, 3.05) is 20.2 Å². The van der Waals surface area contributed by atoms with E-state index in [1.807, 2.05) is 31.2 Å². The summed E-state index contributed by atoms with van der Waals surface area (Å²) < 4.78 is 5.37. The Morgan fingerprint density at radius 3 is 2.72 bits per heavy atom. The number of para-hydroxylation sites is 1. The molecular formula is C19H27N3O3. The lowest BCUT2D eigenvalue weighted by molar-refractivity contribution is -0.126. The van der Waals surface area contributed by atoms with Gasteiger partial charge < -0.3 is 20.3 Å². The molecule has 136 valence electrons. The van der Waals surface area contributed by atoms with Crippen LogP contribution in [0.15, 0.2) is 24.3 Å². The fraction of sp³-hybridized carbons (Fsp3) is 0.579. The van der Waals surface area contributed by atoms with Crippen LogP contribution in [0.25, 0.3) is 0 Å². The van der Waals surface area contributed by atoms with Gasteiger partial charge in [-0.15, -0.1) is 0 Å². The number of hydrogen-bond acceptors (Lipinski definition) is 3. The van der Waals surface area contributed by atoms with Gasteiger partial charge in [-0.05, 0) is 38.7 Å². The van der Waals surface area contributed by atoms with Gasteiger partial charge in [0.2, 0.25) is 5.91 Å². The van der Waals surface area contributed by atoms with E-state index in [0.29, 0.717) is 19.1 Å². The second kappa shape index (κ2) is 7.76. The third kappa shape index (κ3) is 4.44. The second-order valence-corrected chi connectivity index (χ2v) is 6.98. The fourth-order valence-electron chi connectivity index (χ4n) is 3.30. The normalized spacial score (nSPS) is 21.4. The number of methoxy groups -OCH3 is 1. The molecule has 1 aromatic carbocycles. The molecule has 25 heavy (non-hydrogen) atoms. The molecule has 2 fully saturated rings. The molecule has 0 bridgehead atoms. The Kier molecular flexibility index (Phi) is 5.46. The number of benzene rings is 1. The first-order valence-corrected chi connectivity index (χ1v) is 9.07. The molecule has 3 amide bonds. The lowest BCUT2D eigenvalue weighted by atomic mass is 9.97. The second-order valence-electron chi connectivity index (χ2n) is 6.98. The molecule has 1 saturated heterocycles. The molecule has 0 aromatic heterocycles. The van der Waals surface area contributed by atoms with Crippen molar-refractivity contribution >= 4 is 11.9 Å². The smallest absolute Gasteiger partial charge is 0.317 e. The van der Waals surface area contributed by atoms with Crippen molar-refractivity contribution in [2.24, 2.45) is 5.92 Å². The quantitative estimate of drug-likeness (QED) is 0.861. The van der Waals surface area contributed by atoms with E-state index in [1.165, 1.54) is 0 Å². The fourth-order valence-corrected chi connectivity index (χ4v) is 3.30. The van der Waals surface area contributed by atoms with Crippen LogP contribution in [-0.4, -0.2) is 43.1 Å². The lowest BCUT2D eigenvalue weighted by Gasteiger charge is -2.33. The van der Waals surface area contributed by atoms with Gasteiger partial charge >= 0.3 is 6.03 Å². The summed E-state index contributed by atoms with van der Waals surface area (Å²) in [5.74, 6) is 0.759. The zero-order chi connectivity index (χ0) is 17.8. The van der Waals surface area contributed by atoms with E-state index in [0.717, 1.165) is 37.0 Å². The molecule has 2 N–H and O–H groups in total. The molecular weight excluding hydrogens is 318 g/mol. The van der Waals surface area contributed by atoms with Crippen molar-refractivity contribution < 1.29 is 14.3 Å². The van der Waals surface area contributed by atoms with Crippen molar-refractivity contribution in [1.82, 2.24) is 15.5 Å². The number of nitrogens with one attached hydrogen (secondary N) is 2. The molecule has 2 aliphatic rings. The maximum atomic E-state index is 12.6. The lowest BCUT2D eigenvalue weighted by Crippen LogP contribution is -2.49. The number of nitrogens with zero attached hydrogens (tertiary/aromatic N) is 1. The van der Waals surface area contributed by atoms with Gasteiger partial charge in [0.15, 0.2) is 0 Å². The highest BCUT2D eigenvalue weighted by Crippen LogP contribution is 2.25. The molecule has 2 atom stereocenters. The summed E-state index contributed by atoms with van der Waals surface area (Å²) in [5.41, 5.74) is 0.943. The summed E-state index contributed by atoms with van der Waals surface area (Å²) in [6.07, 6.45) is 3.88. The van der Waals surface area contributed by atoms with E-state index in [-0.39, 0.29) is 23.9 Å². The summed E-state index contributed by atoms with van der Waals surface area (Å²) in [7, 11) is 1.63. The van der Waals surface area contributed by atoms with Gasteiger partial charge in [0.25, 0.3) is 0 Å². The first kappa shape index (κ1) is 17.6. The highest BCUT2D eigenvalue weighted by Gasteiger charge is 2.32. The molecule has 0 spiro atoms. The van der Waals surface area contributed by atoms with Crippen molar-refractivity contribution in [3.63, 3.8) is 0 Å². The summed E-state index contributed by atoms with van der Waals surface area (Å²) in [6.45, 7) is 3.12. The van der Waals surface area contributed by atoms with E-state index >= 15 is 0 Å². The maximum absolute atomic E-state index is 12.6. The topological polar surface area (TPSA) is 70.7 Å².